The second kappa shape index (κ2) is 6.87. The molecule has 0 aliphatic carbocycles. The van der Waals surface area contributed by atoms with Crippen molar-refractivity contribution in [3.8, 4) is 45.3 Å². The fraction of sp³-hybridized carbons (Fsp3) is 0. The van der Waals surface area contributed by atoms with Crippen LogP contribution in [0.15, 0.2) is 118 Å². The van der Waals surface area contributed by atoms with Crippen LogP contribution in [-0.2, 0) is 0 Å². The minimum Gasteiger partial charge on any atom is -0.456 e. The maximum atomic E-state index is 6.47. The second-order valence-electron chi connectivity index (χ2n) is 8.88. The Morgan fingerprint density at radius 1 is 0.400 bits per heavy atom. The Bertz CT molecular complexity index is 1940. The molecule has 5 aromatic carbocycles. The molecule has 1 aliphatic rings. The summed E-state index contributed by atoms with van der Waals surface area (Å²) < 4.78 is 19.0. The van der Waals surface area contributed by atoms with E-state index < -0.39 is 0 Å². The van der Waals surface area contributed by atoms with Crippen molar-refractivity contribution >= 4 is 32.7 Å². The first-order chi connectivity index (χ1) is 17.3. The van der Waals surface area contributed by atoms with Crippen LogP contribution in [0.5, 0.6) is 11.5 Å². The predicted molar refractivity (Wildman–Crippen MR) is 140 cm³/mol. The first kappa shape index (κ1) is 18.6. The summed E-state index contributed by atoms with van der Waals surface area (Å²) in [5, 5.41) is 4.42. The molecule has 0 spiro atoms. The summed E-state index contributed by atoms with van der Waals surface area (Å²) in [6.45, 7) is 0. The van der Waals surface area contributed by atoms with Crippen LogP contribution < -0.4 is 4.74 Å². The Balaban J connectivity index is 1.31. The molecular formula is C32H18O3. The first-order valence-corrected chi connectivity index (χ1v) is 11.7. The molecule has 3 heteroatoms. The van der Waals surface area contributed by atoms with Gasteiger partial charge in [0, 0.05) is 27.3 Å². The third-order valence-corrected chi connectivity index (χ3v) is 6.94. The molecule has 7 aromatic rings. The van der Waals surface area contributed by atoms with E-state index in [4.69, 9.17) is 13.6 Å². The van der Waals surface area contributed by atoms with E-state index >= 15 is 0 Å². The molecule has 0 radical (unpaired) electrons. The average molecular weight is 450 g/mol. The highest BCUT2D eigenvalue weighted by atomic mass is 16.5. The van der Waals surface area contributed by atoms with Crippen molar-refractivity contribution in [2.45, 2.75) is 0 Å². The van der Waals surface area contributed by atoms with Crippen LogP contribution in [0.3, 0.4) is 0 Å². The van der Waals surface area contributed by atoms with Crippen molar-refractivity contribution < 1.29 is 13.6 Å². The highest BCUT2D eigenvalue weighted by molar-refractivity contribution is 6.10. The van der Waals surface area contributed by atoms with Gasteiger partial charge in [-0.25, -0.2) is 0 Å². The monoisotopic (exact) mass is 450 g/mol. The Labute approximate surface area is 200 Å². The largest absolute Gasteiger partial charge is 0.456 e. The van der Waals surface area contributed by atoms with Gasteiger partial charge in [-0.15, -0.1) is 0 Å². The number of benzene rings is 5. The molecule has 0 amide bonds. The van der Waals surface area contributed by atoms with Crippen LogP contribution in [0, 0.1) is 0 Å². The maximum Gasteiger partial charge on any atom is 0.146 e. The van der Waals surface area contributed by atoms with Gasteiger partial charge in [0.15, 0.2) is 0 Å². The zero-order chi connectivity index (χ0) is 22.9. The predicted octanol–water partition coefficient (Wildman–Crippen LogP) is 9.44. The zero-order valence-corrected chi connectivity index (χ0v) is 18.6. The van der Waals surface area contributed by atoms with E-state index in [1.54, 1.807) is 0 Å². The normalized spacial score (nSPS) is 12.2. The van der Waals surface area contributed by atoms with E-state index in [2.05, 4.69) is 54.6 Å². The topological polar surface area (TPSA) is 35.5 Å². The van der Waals surface area contributed by atoms with Crippen molar-refractivity contribution in [1.82, 2.24) is 0 Å². The van der Waals surface area contributed by atoms with Gasteiger partial charge in [-0.2, -0.15) is 0 Å². The van der Waals surface area contributed by atoms with Crippen LogP contribution >= 0.6 is 0 Å². The van der Waals surface area contributed by atoms with Crippen LogP contribution in [0.2, 0.25) is 0 Å². The minimum absolute atomic E-state index is 0.784. The molecule has 3 heterocycles. The number of rotatable bonds is 2. The molecule has 0 saturated heterocycles. The lowest BCUT2D eigenvalue weighted by Crippen LogP contribution is -1.97. The molecule has 8 rings (SSSR count). The summed E-state index contributed by atoms with van der Waals surface area (Å²) in [7, 11) is 0. The van der Waals surface area contributed by atoms with Crippen molar-refractivity contribution in [2.24, 2.45) is 0 Å². The van der Waals surface area contributed by atoms with Crippen molar-refractivity contribution in [2.75, 3.05) is 0 Å². The van der Waals surface area contributed by atoms with E-state index in [-0.39, 0.29) is 0 Å². The number of hydrogen-bond acceptors (Lipinski definition) is 3. The fourth-order valence-electron chi connectivity index (χ4n) is 5.36. The number of fused-ring (bicyclic) bond motifs is 5. The van der Waals surface area contributed by atoms with Gasteiger partial charge in [0.25, 0.3) is 0 Å². The maximum absolute atomic E-state index is 6.47. The van der Waals surface area contributed by atoms with Crippen LogP contribution in [0.25, 0.3) is 66.5 Å². The minimum atomic E-state index is 0.784. The van der Waals surface area contributed by atoms with Crippen molar-refractivity contribution in [3.63, 3.8) is 0 Å². The van der Waals surface area contributed by atoms with Gasteiger partial charge in [0.2, 0.25) is 0 Å². The molecule has 0 unspecified atom stereocenters. The molecule has 0 saturated carbocycles. The standard InChI is InChI=1S/C32H18O3/c1-3-13-26-19(7-1)22-9-5-10-23-21(15-16-30(34-26)31(22)23)28-17-18-29(33-28)25-12-6-11-24-20-8-2-4-14-27(20)35-32(24)25/h1-18H. The Morgan fingerprint density at radius 2 is 1.11 bits per heavy atom. The van der Waals surface area contributed by atoms with Gasteiger partial charge in [-0.3, -0.25) is 0 Å². The third-order valence-electron chi connectivity index (χ3n) is 6.94. The summed E-state index contributed by atoms with van der Waals surface area (Å²) in [5.74, 6) is 3.36. The number of ether oxygens (including phenoxy) is 1. The van der Waals surface area contributed by atoms with E-state index in [0.717, 1.165) is 72.4 Å². The Morgan fingerprint density at radius 3 is 2.06 bits per heavy atom. The molecule has 164 valence electrons. The number of furan rings is 2. The molecule has 1 aliphatic heterocycles. The Hall–Kier alpha value is -4.76. The van der Waals surface area contributed by atoms with Gasteiger partial charge in [-0.1, -0.05) is 66.7 Å². The molecule has 3 nitrogen and oxygen atoms in total. The summed E-state index contributed by atoms with van der Waals surface area (Å²) in [6.07, 6.45) is 0. The molecule has 2 aromatic heterocycles. The lowest BCUT2D eigenvalue weighted by Gasteiger charge is -2.22. The first-order valence-electron chi connectivity index (χ1n) is 11.7. The molecule has 0 fully saturated rings. The molecular weight excluding hydrogens is 432 g/mol. The highest BCUT2D eigenvalue weighted by Crippen LogP contribution is 2.48. The molecule has 0 bridgehead atoms. The lowest BCUT2D eigenvalue weighted by molar-refractivity contribution is 0.487. The summed E-state index contributed by atoms with van der Waals surface area (Å²) >= 11 is 0. The van der Waals surface area contributed by atoms with E-state index in [9.17, 15) is 0 Å². The van der Waals surface area contributed by atoms with E-state index in [1.807, 2.05) is 54.6 Å². The summed E-state index contributed by atoms with van der Waals surface area (Å²) in [5.41, 5.74) is 6.00. The quantitative estimate of drug-likeness (QED) is 0.263. The molecule has 0 N–H and O–H groups in total. The smallest absolute Gasteiger partial charge is 0.146 e. The fourth-order valence-corrected chi connectivity index (χ4v) is 5.36. The van der Waals surface area contributed by atoms with Crippen LogP contribution in [-0.4, -0.2) is 0 Å². The molecule has 0 atom stereocenters. The summed E-state index contributed by atoms with van der Waals surface area (Å²) in [4.78, 5) is 0. The van der Waals surface area contributed by atoms with Crippen molar-refractivity contribution in [1.29, 1.82) is 0 Å². The van der Waals surface area contributed by atoms with Crippen molar-refractivity contribution in [3.05, 3.63) is 109 Å². The average Bonchev–Trinajstić information content (AvgIpc) is 3.54. The Kier molecular flexibility index (Phi) is 3.66. The van der Waals surface area contributed by atoms with Gasteiger partial charge in [-0.05, 0) is 53.4 Å². The van der Waals surface area contributed by atoms with Crippen LogP contribution in [0.4, 0.5) is 0 Å². The van der Waals surface area contributed by atoms with Gasteiger partial charge < -0.3 is 13.6 Å². The van der Waals surface area contributed by atoms with Gasteiger partial charge >= 0.3 is 0 Å². The van der Waals surface area contributed by atoms with E-state index in [0.29, 0.717) is 0 Å². The lowest BCUT2D eigenvalue weighted by atomic mass is 9.92. The number of hydrogen-bond donors (Lipinski definition) is 0. The third kappa shape index (κ3) is 2.61. The van der Waals surface area contributed by atoms with E-state index in [1.165, 1.54) is 5.56 Å². The van der Waals surface area contributed by atoms with Crippen LogP contribution in [0.1, 0.15) is 0 Å². The zero-order valence-electron chi connectivity index (χ0n) is 18.6. The SMILES string of the molecule is c1ccc2c(c1)Oc1ccc(-c3ccc(-c4cccc5c4oc4ccccc45)o3)c3cccc-2c13. The second-order valence-corrected chi connectivity index (χ2v) is 8.88. The van der Waals surface area contributed by atoms with Gasteiger partial charge in [0.05, 0.1) is 5.56 Å². The van der Waals surface area contributed by atoms with Gasteiger partial charge in [0.1, 0.15) is 34.2 Å². The number of para-hydroxylation sites is 3. The molecule has 35 heavy (non-hydrogen) atoms. The highest BCUT2D eigenvalue weighted by Gasteiger charge is 2.22. The summed E-state index contributed by atoms with van der Waals surface area (Å²) in [6, 6.07) is 37.1.